The van der Waals surface area contributed by atoms with Crippen LogP contribution in [0.25, 0.3) is 115 Å². The summed E-state index contributed by atoms with van der Waals surface area (Å²) in [6.07, 6.45) is 5.92. The number of hydrogen-bond donors (Lipinski definition) is 0. The van der Waals surface area contributed by atoms with Gasteiger partial charge < -0.3 is 4.42 Å². The van der Waals surface area contributed by atoms with Gasteiger partial charge >= 0.3 is 0 Å². The molecule has 0 aliphatic carbocycles. The fourth-order valence-corrected chi connectivity index (χ4v) is 9.90. The lowest BCUT2D eigenvalue weighted by molar-refractivity contribution is 0.667. The standard InChI is InChI=1S/C50H31N5OS2/c1-3-4-18-34-29(2)57-40-25-23-32(27-37(34)40)49-53-47(31-16-9-6-10-17-31)54-50(55-49)36-20-13-22-42-43(36)38-28-33(24-26-41(38)58-42)48-51-44(30-14-7-5-8-15-30)46-45(52-48)35-19-11-12-21-39(35)56-46/h3-28H,1H2,2H3/b18-4-. The predicted molar refractivity (Wildman–Crippen MR) is 242 cm³/mol. The van der Waals surface area contributed by atoms with E-state index in [1.54, 1.807) is 22.7 Å². The number of allylic oxidation sites excluding steroid dienone is 2. The number of para-hydroxylation sites is 1. The van der Waals surface area contributed by atoms with Crippen LogP contribution in [0.1, 0.15) is 10.4 Å². The minimum atomic E-state index is 0.613. The Labute approximate surface area is 341 Å². The summed E-state index contributed by atoms with van der Waals surface area (Å²) in [5, 5.41) is 4.30. The summed E-state index contributed by atoms with van der Waals surface area (Å²) in [6.45, 7) is 6.04. The van der Waals surface area contributed by atoms with Gasteiger partial charge in [-0.2, -0.15) is 0 Å². The molecule has 6 nitrogen and oxygen atoms in total. The molecule has 58 heavy (non-hydrogen) atoms. The van der Waals surface area contributed by atoms with E-state index in [1.165, 1.54) is 20.5 Å². The van der Waals surface area contributed by atoms with E-state index in [-0.39, 0.29) is 0 Å². The highest BCUT2D eigenvalue weighted by atomic mass is 32.1. The molecule has 0 bridgehead atoms. The Balaban J connectivity index is 1.12. The van der Waals surface area contributed by atoms with Gasteiger partial charge in [-0.3, -0.25) is 0 Å². The topological polar surface area (TPSA) is 77.6 Å². The maximum absolute atomic E-state index is 6.39. The fraction of sp³-hybridized carbons (Fsp3) is 0.0200. The third-order valence-corrected chi connectivity index (χ3v) is 12.7. The van der Waals surface area contributed by atoms with Crippen molar-refractivity contribution in [2.24, 2.45) is 0 Å². The molecular formula is C50H31N5OS2. The summed E-state index contributed by atoms with van der Waals surface area (Å²) in [5.74, 6) is 2.48. The van der Waals surface area contributed by atoms with E-state index in [4.69, 9.17) is 29.3 Å². The normalized spacial score (nSPS) is 11.9. The molecule has 8 heteroatoms. The summed E-state index contributed by atoms with van der Waals surface area (Å²) >= 11 is 3.54. The van der Waals surface area contributed by atoms with Crippen LogP contribution in [0.15, 0.2) is 163 Å². The van der Waals surface area contributed by atoms with E-state index >= 15 is 0 Å². The monoisotopic (exact) mass is 781 g/mol. The number of nitrogens with zero attached hydrogens (tertiary/aromatic N) is 5. The fourth-order valence-electron chi connectivity index (χ4n) is 7.76. The van der Waals surface area contributed by atoms with Crippen LogP contribution in [0.2, 0.25) is 0 Å². The minimum Gasteiger partial charge on any atom is -0.452 e. The summed E-state index contributed by atoms with van der Waals surface area (Å²) in [4.78, 5) is 27.1. The van der Waals surface area contributed by atoms with E-state index in [0.717, 1.165) is 70.2 Å². The number of rotatable bonds is 7. The number of fused-ring (bicyclic) bond motifs is 7. The smallest absolute Gasteiger partial charge is 0.180 e. The van der Waals surface area contributed by atoms with Gasteiger partial charge in [-0.1, -0.05) is 110 Å². The number of hydrogen-bond acceptors (Lipinski definition) is 8. The molecule has 11 aromatic rings. The predicted octanol–water partition coefficient (Wildman–Crippen LogP) is 14.0. The van der Waals surface area contributed by atoms with Crippen LogP contribution in [-0.2, 0) is 0 Å². The molecule has 5 heterocycles. The van der Waals surface area contributed by atoms with Crippen LogP contribution < -0.4 is 0 Å². The van der Waals surface area contributed by atoms with Gasteiger partial charge in [0.05, 0.1) is 0 Å². The van der Waals surface area contributed by atoms with Gasteiger partial charge in [0.1, 0.15) is 16.8 Å². The Morgan fingerprint density at radius 3 is 1.97 bits per heavy atom. The molecule has 0 amide bonds. The van der Waals surface area contributed by atoms with Gasteiger partial charge in [0.25, 0.3) is 0 Å². The summed E-state index contributed by atoms with van der Waals surface area (Å²) in [6, 6.07) is 47.7. The first-order chi connectivity index (χ1) is 28.6. The largest absolute Gasteiger partial charge is 0.452 e. The summed E-state index contributed by atoms with van der Waals surface area (Å²) in [7, 11) is 0. The van der Waals surface area contributed by atoms with Crippen LogP contribution in [-0.4, -0.2) is 24.9 Å². The first-order valence-corrected chi connectivity index (χ1v) is 20.6. The summed E-state index contributed by atoms with van der Waals surface area (Å²) < 4.78 is 9.90. The third kappa shape index (κ3) is 5.72. The molecule has 274 valence electrons. The SMILES string of the molecule is C=C/C=C\c1c(C)sc2ccc(-c3nc(-c4ccccc4)nc(-c4cccc5sc6ccc(-c7nc(-c8ccccc8)c8oc9ccccc9c8n7)cc6c45)n3)cc12. The van der Waals surface area contributed by atoms with Crippen molar-refractivity contribution < 1.29 is 4.42 Å². The number of thiophene rings is 2. The highest BCUT2D eigenvalue weighted by Crippen LogP contribution is 2.43. The van der Waals surface area contributed by atoms with E-state index < -0.39 is 0 Å². The van der Waals surface area contributed by atoms with Crippen molar-refractivity contribution in [3.8, 4) is 56.8 Å². The van der Waals surface area contributed by atoms with Crippen LogP contribution in [0.4, 0.5) is 0 Å². The van der Waals surface area contributed by atoms with Crippen molar-refractivity contribution in [2.45, 2.75) is 6.92 Å². The molecule has 0 atom stereocenters. The number of furan rings is 1. The van der Waals surface area contributed by atoms with Gasteiger partial charge in [-0.25, -0.2) is 24.9 Å². The van der Waals surface area contributed by atoms with Gasteiger partial charge in [-0.05, 0) is 67.1 Å². The zero-order valence-electron chi connectivity index (χ0n) is 31.2. The lowest BCUT2D eigenvalue weighted by Crippen LogP contribution is -2.00. The molecule has 5 aromatic heterocycles. The lowest BCUT2D eigenvalue weighted by Gasteiger charge is -2.10. The molecule has 0 fully saturated rings. The Kier molecular flexibility index (Phi) is 8.13. The molecule has 11 rings (SSSR count). The van der Waals surface area contributed by atoms with Crippen LogP contribution in [0.5, 0.6) is 0 Å². The van der Waals surface area contributed by atoms with Gasteiger partial charge in [0, 0.05) is 68.3 Å². The minimum absolute atomic E-state index is 0.613. The van der Waals surface area contributed by atoms with Crippen molar-refractivity contribution in [1.29, 1.82) is 0 Å². The Morgan fingerprint density at radius 1 is 0.534 bits per heavy atom. The molecule has 0 radical (unpaired) electrons. The van der Waals surface area contributed by atoms with Crippen LogP contribution in [0, 0.1) is 6.92 Å². The van der Waals surface area contributed by atoms with E-state index in [2.05, 4.69) is 92.4 Å². The van der Waals surface area contributed by atoms with Crippen LogP contribution in [0.3, 0.4) is 0 Å². The van der Waals surface area contributed by atoms with Crippen molar-refractivity contribution >= 4 is 81.1 Å². The van der Waals surface area contributed by atoms with Gasteiger partial charge in [0.2, 0.25) is 0 Å². The molecule has 0 N–H and O–H groups in total. The third-order valence-electron chi connectivity index (χ3n) is 10.5. The zero-order valence-corrected chi connectivity index (χ0v) is 32.8. The Morgan fingerprint density at radius 2 is 1.19 bits per heavy atom. The number of benzene rings is 6. The van der Waals surface area contributed by atoms with Gasteiger partial charge in [0.15, 0.2) is 28.9 Å². The molecule has 0 unspecified atom stereocenters. The van der Waals surface area contributed by atoms with E-state index in [9.17, 15) is 0 Å². The molecular weight excluding hydrogens is 751 g/mol. The first kappa shape index (κ1) is 34.1. The Bertz CT molecular complexity index is 3440. The highest BCUT2D eigenvalue weighted by molar-refractivity contribution is 7.26. The maximum atomic E-state index is 6.39. The van der Waals surface area contributed by atoms with Gasteiger partial charge in [-0.15, -0.1) is 22.7 Å². The number of aryl methyl sites for hydroxylation is 1. The molecule has 6 aromatic carbocycles. The van der Waals surface area contributed by atoms with E-state index in [0.29, 0.717) is 28.9 Å². The van der Waals surface area contributed by atoms with Crippen molar-refractivity contribution in [1.82, 2.24) is 24.9 Å². The number of aromatic nitrogens is 5. The molecule has 0 aliphatic rings. The van der Waals surface area contributed by atoms with Crippen molar-refractivity contribution in [3.05, 3.63) is 169 Å². The first-order valence-electron chi connectivity index (χ1n) is 18.9. The molecule has 0 saturated heterocycles. The quantitative estimate of drug-likeness (QED) is 0.150. The average Bonchev–Trinajstić information content (AvgIpc) is 3.95. The molecule has 0 saturated carbocycles. The average molecular weight is 782 g/mol. The molecule has 0 spiro atoms. The zero-order chi connectivity index (χ0) is 38.7. The second-order valence-corrected chi connectivity index (χ2v) is 16.4. The van der Waals surface area contributed by atoms with Crippen molar-refractivity contribution in [3.63, 3.8) is 0 Å². The summed E-state index contributed by atoms with van der Waals surface area (Å²) in [5.41, 5.74) is 8.87. The second kappa shape index (κ2) is 13.8. The van der Waals surface area contributed by atoms with Crippen LogP contribution >= 0.6 is 22.7 Å². The highest BCUT2D eigenvalue weighted by Gasteiger charge is 2.21. The lowest BCUT2D eigenvalue weighted by atomic mass is 10.0. The van der Waals surface area contributed by atoms with Crippen molar-refractivity contribution in [2.75, 3.05) is 0 Å². The Hall–Kier alpha value is -7.13. The maximum Gasteiger partial charge on any atom is 0.180 e. The second-order valence-electron chi connectivity index (χ2n) is 14.1. The molecule has 0 aliphatic heterocycles. The van der Waals surface area contributed by atoms with E-state index in [1.807, 2.05) is 78.9 Å².